The van der Waals surface area contributed by atoms with Crippen molar-refractivity contribution in [1.29, 1.82) is 0 Å². The molecule has 0 radical (unpaired) electrons. The Labute approximate surface area is 175 Å². The Bertz CT molecular complexity index is 910. The first-order chi connectivity index (χ1) is 14.5. The fourth-order valence-corrected chi connectivity index (χ4v) is 3.15. The zero-order valence-corrected chi connectivity index (χ0v) is 16.9. The van der Waals surface area contributed by atoms with Crippen molar-refractivity contribution in [2.75, 3.05) is 35.6 Å². The van der Waals surface area contributed by atoms with Crippen LogP contribution in [0, 0.1) is 0 Å². The first-order valence-corrected chi connectivity index (χ1v) is 9.91. The molecule has 4 N–H and O–H groups in total. The lowest BCUT2D eigenvalue weighted by molar-refractivity contribution is -0.115. The van der Waals surface area contributed by atoms with Gasteiger partial charge in [-0.15, -0.1) is 0 Å². The molecule has 0 aromatic heterocycles. The topological polar surface area (TPSA) is 109 Å². The molecule has 1 heterocycles. The summed E-state index contributed by atoms with van der Waals surface area (Å²) in [5, 5.41) is 11.3. The Kier molecular flexibility index (Phi) is 7.40. The van der Waals surface area contributed by atoms with E-state index in [0.717, 1.165) is 19.4 Å². The van der Waals surface area contributed by atoms with Crippen LogP contribution in [0.2, 0.25) is 0 Å². The smallest absolute Gasteiger partial charge is 0.251 e. The predicted octanol–water partition coefficient (Wildman–Crippen LogP) is 2.60. The molecule has 8 nitrogen and oxygen atoms in total. The number of carbonyl (C=O) groups is 3. The molecule has 1 saturated heterocycles. The molecular weight excluding hydrogens is 384 g/mol. The van der Waals surface area contributed by atoms with E-state index in [4.69, 9.17) is 4.74 Å². The van der Waals surface area contributed by atoms with E-state index in [0.29, 0.717) is 29.2 Å². The third-order valence-corrected chi connectivity index (χ3v) is 4.56. The van der Waals surface area contributed by atoms with Gasteiger partial charge in [0.25, 0.3) is 5.91 Å². The summed E-state index contributed by atoms with van der Waals surface area (Å²) < 4.78 is 5.51. The summed E-state index contributed by atoms with van der Waals surface area (Å²) in [4.78, 5) is 35.7. The molecule has 0 spiro atoms. The van der Waals surface area contributed by atoms with Gasteiger partial charge in [0.2, 0.25) is 11.8 Å². The van der Waals surface area contributed by atoms with Gasteiger partial charge in [-0.3, -0.25) is 14.4 Å². The van der Waals surface area contributed by atoms with Gasteiger partial charge in [0.05, 0.1) is 12.6 Å². The van der Waals surface area contributed by atoms with Gasteiger partial charge in [-0.2, -0.15) is 0 Å². The van der Waals surface area contributed by atoms with Crippen LogP contribution in [0.3, 0.4) is 0 Å². The SMILES string of the molecule is CC(=O)Nc1cccc(NC(=O)CNc2cccc(C(=O)NCC3CCCO3)c2)c1. The minimum Gasteiger partial charge on any atom is -0.376 e. The van der Waals surface area contributed by atoms with Crippen LogP contribution in [0.1, 0.15) is 30.1 Å². The van der Waals surface area contributed by atoms with Gasteiger partial charge < -0.3 is 26.0 Å². The molecule has 1 fully saturated rings. The highest BCUT2D eigenvalue weighted by Crippen LogP contribution is 2.16. The van der Waals surface area contributed by atoms with Gasteiger partial charge in [-0.05, 0) is 49.2 Å². The highest BCUT2D eigenvalue weighted by atomic mass is 16.5. The number of hydrogen-bond donors (Lipinski definition) is 4. The highest BCUT2D eigenvalue weighted by Gasteiger charge is 2.16. The maximum absolute atomic E-state index is 12.3. The van der Waals surface area contributed by atoms with E-state index in [1.807, 2.05) is 0 Å². The number of amides is 3. The van der Waals surface area contributed by atoms with Crippen molar-refractivity contribution in [2.24, 2.45) is 0 Å². The van der Waals surface area contributed by atoms with Crippen LogP contribution in [0.25, 0.3) is 0 Å². The molecule has 0 bridgehead atoms. The second-order valence-corrected chi connectivity index (χ2v) is 7.09. The third-order valence-electron chi connectivity index (χ3n) is 4.56. The largest absolute Gasteiger partial charge is 0.376 e. The molecule has 30 heavy (non-hydrogen) atoms. The minimum atomic E-state index is -0.247. The van der Waals surface area contributed by atoms with Crippen molar-refractivity contribution in [3.8, 4) is 0 Å². The average molecular weight is 410 g/mol. The second kappa shape index (κ2) is 10.4. The summed E-state index contributed by atoms with van der Waals surface area (Å²) >= 11 is 0. The molecule has 0 saturated carbocycles. The minimum absolute atomic E-state index is 0.0331. The fourth-order valence-electron chi connectivity index (χ4n) is 3.15. The molecule has 8 heteroatoms. The molecule has 158 valence electrons. The molecule has 1 aliphatic heterocycles. The molecule has 0 aliphatic carbocycles. The van der Waals surface area contributed by atoms with E-state index < -0.39 is 0 Å². The fraction of sp³-hybridized carbons (Fsp3) is 0.318. The summed E-state index contributed by atoms with van der Waals surface area (Å²) in [6.45, 7) is 2.70. The Morgan fingerprint density at radius 1 is 1.00 bits per heavy atom. The van der Waals surface area contributed by atoms with Crippen LogP contribution in [-0.4, -0.2) is 43.5 Å². The zero-order valence-electron chi connectivity index (χ0n) is 16.9. The lowest BCUT2D eigenvalue weighted by Gasteiger charge is -2.12. The quantitative estimate of drug-likeness (QED) is 0.535. The maximum Gasteiger partial charge on any atom is 0.251 e. The summed E-state index contributed by atoms with van der Waals surface area (Å²) in [5.41, 5.74) is 2.37. The Balaban J connectivity index is 1.49. The van der Waals surface area contributed by atoms with Crippen molar-refractivity contribution in [3.63, 3.8) is 0 Å². The first-order valence-electron chi connectivity index (χ1n) is 9.91. The van der Waals surface area contributed by atoms with Gasteiger partial charge in [0.1, 0.15) is 0 Å². The predicted molar refractivity (Wildman–Crippen MR) is 116 cm³/mol. The first kappa shape index (κ1) is 21.3. The molecule has 1 unspecified atom stereocenters. The molecule has 1 aliphatic rings. The van der Waals surface area contributed by atoms with Crippen molar-refractivity contribution in [1.82, 2.24) is 5.32 Å². The van der Waals surface area contributed by atoms with Gasteiger partial charge in [0, 0.05) is 42.7 Å². The van der Waals surface area contributed by atoms with E-state index in [-0.39, 0.29) is 30.4 Å². The van der Waals surface area contributed by atoms with Crippen molar-refractivity contribution >= 4 is 34.8 Å². The summed E-state index contributed by atoms with van der Waals surface area (Å²) in [6.07, 6.45) is 2.08. The van der Waals surface area contributed by atoms with Crippen LogP contribution in [-0.2, 0) is 14.3 Å². The molecule has 3 rings (SSSR count). The van der Waals surface area contributed by atoms with Gasteiger partial charge >= 0.3 is 0 Å². The number of anilines is 3. The highest BCUT2D eigenvalue weighted by molar-refractivity contribution is 5.97. The molecule has 2 aromatic carbocycles. The Morgan fingerprint density at radius 2 is 1.73 bits per heavy atom. The lowest BCUT2D eigenvalue weighted by Crippen LogP contribution is -2.31. The van der Waals surface area contributed by atoms with Gasteiger partial charge in [-0.1, -0.05) is 12.1 Å². The maximum atomic E-state index is 12.3. The van der Waals surface area contributed by atoms with Crippen LogP contribution in [0.4, 0.5) is 17.1 Å². The van der Waals surface area contributed by atoms with E-state index in [9.17, 15) is 14.4 Å². The van der Waals surface area contributed by atoms with E-state index >= 15 is 0 Å². The molecular formula is C22H26N4O4. The number of hydrogen-bond acceptors (Lipinski definition) is 5. The number of rotatable bonds is 8. The number of benzene rings is 2. The van der Waals surface area contributed by atoms with Crippen LogP contribution in [0.5, 0.6) is 0 Å². The lowest BCUT2D eigenvalue weighted by atomic mass is 10.1. The zero-order chi connectivity index (χ0) is 21.3. The van der Waals surface area contributed by atoms with Crippen molar-refractivity contribution in [3.05, 3.63) is 54.1 Å². The third kappa shape index (κ3) is 6.59. The van der Waals surface area contributed by atoms with Crippen molar-refractivity contribution in [2.45, 2.75) is 25.9 Å². The van der Waals surface area contributed by atoms with Crippen LogP contribution >= 0.6 is 0 Å². The molecule has 1 atom stereocenters. The molecule has 3 amide bonds. The van der Waals surface area contributed by atoms with E-state index in [1.165, 1.54) is 6.92 Å². The monoisotopic (exact) mass is 410 g/mol. The molecule has 2 aromatic rings. The Morgan fingerprint density at radius 3 is 2.47 bits per heavy atom. The normalized spacial score (nSPS) is 15.3. The second-order valence-electron chi connectivity index (χ2n) is 7.09. The summed E-state index contributed by atoms with van der Waals surface area (Å²) in [7, 11) is 0. The van der Waals surface area contributed by atoms with E-state index in [1.54, 1.807) is 48.5 Å². The standard InChI is InChI=1S/C22H26N4O4/c1-15(27)25-18-7-3-8-19(12-18)26-21(28)14-23-17-6-2-5-16(11-17)22(29)24-13-20-9-4-10-30-20/h2-3,5-8,11-12,20,23H,4,9-10,13-14H2,1H3,(H,24,29)(H,25,27)(H,26,28). The number of ether oxygens (including phenoxy) is 1. The Hall–Kier alpha value is -3.39. The van der Waals surface area contributed by atoms with Gasteiger partial charge in [-0.25, -0.2) is 0 Å². The summed E-state index contributed by atoms with van der Waals surface area (Å²) in [5.74, 6) is -0.601. The van der Waals surface area contributed by atoms with Crippen molar-refractivity contribution < 1.29 is 19.1 Å². The van der Waals surface area contributed by atoms with E-state index in [2.05, 4.69) is 21.3 Å². The van der Waals surface area contributed by atoms with Crippen LogP contribution < -0.4 is 21.3 Å². The van der Waals surface area contributed by atoms with Gasteiger partial charge in [0.15, 0.2) is 0 Å². The number of nitrogens with one attached hydrogen (secondary N) is 4. The average Bonchev–Trinajstić information content (AvgIpc) is 3.24. The summed E-state index contributed by atoms with van der Waals surface area (Å²) in [6, 6.07) is 13.9. The van der Waals surface area contributed by atoms with Crippen LogP contribution in [0.15, 0.2) is 48.5 Å². The number of carbonyl (C=O) groups excluding carboxylic acids is 3.